The number of hydrogen-bond acceptors (Lipinski definition) is 5. The monoisotopic (exact) mass is 424 g/mol. The van der Waals surface area contributed by atoms with Gasteiger partial charge in [0.2, 0.25) is 11.8 Å². The maximum absolute atomic E-state index is 13.2. The van der Waals surface area contributed by atoms with Gasteiger partial charge < -0.3 is 19.5 Å². The molecule has 8 heteroatoms. The van der Waals surface area contributed by atoms with Gasteiger partial charge >= 0.3 is 0 Å². The Bertz CT molecular complexity index is 1050. The van der Waals surface area contributed by atoms with Gasteiger partial charge in [-0.1, -0.05) is 18.2 Å². The average molecular weight is 425 g/mol. The van der Waals surface area contributed by atoms with Crippen LogP contribution in [0.1, 0.15) is 54.9 Å². The smallest absolute Gasteiger partial charge is 0.254 e. The molecular weight excluding hydrogens is 396 g/mol. The molecule has 1 aromatic heterocycles. The summed E-state index contributed by atoms with van der Waals surface area (Å²) in [4.78, 5) is 49.0. The summed E-state index contributed by atoms with van der Waals surface area (Å²) < 4.78 is 5.39. The number of nitrogens with one attached hydrogen (secondary N) is 1. The fourth-order valence-corrected chi connectivity index (χ4v) is 4.51. The molecule has 1 aromatic carbocycles. The van der Waals surface area contributed by atoms with Crippen LogP contribution >= 0.6 is 0 Å². The molecule has 4 rings (SSSR count). The number of likely N-dealkylation sites (tertiary alicyclic amines) is 1. The van der Waals surface area contributed by atoms with Crippen molar-refractivity contribution in [1.82, 2.24) is 19.8 Å². The minimum absolute atomic E-state index is 0.0140. The van der Waals surface area contributed by atoms with Crippen LogP contribution in [0.15, 0.2) is 29.1 Å². The van der Waals surface area contributed by atoms with E-state index in [1.807, 2.05) is 29.2 Å². The van der Waals surface area contributed by atoms with Crippen molar-refractivity contribution >= 4 is 11.8 Å². The third-order valence-corrected chi connectivity index (χ3v) is 6.21. The Hall–Kier alpha value is -3.16. The third kappa shape index (κ3) is 4.33. The number of aromatic amines is 1. The number of methoxy groups -OCH3 is 1. The Morgan fingerprint density at radius 3 is 2.81 bits per heavy atom. The summed E-state index contributed by atoms with van der Waals surface area (Å²) in [5, 5.41) is 0. The summed E-state index contributed by atoms with van der Waals surface area (Å²) in [6, 6.07) is 7.23. The van der Waals surface area contributed by atoms with Gasteiger partial charge in [0.25, 0.3) is 5.56 Å². The number of benzene rings is 1. The molecule has 1 fully saturated rings. The first-order valence-electron chi connectivity index (χ1n) is 10.8. The van der Waals surface area contributed by atoms with Crippen LogP contribution in [0.2, 0.25) is 0 Å². The van der Waals surface area contributed by atoms with E-state index >= 15 is 0 Å². The molecule has 0 spiro atoms. The quantitative estimate of drug-likeness (QED) is 0.810. The summed E-state index contributed by atoms with van der Waals surface area (Å²) in [7, 11) is 1.60. The number of amides is 2. The van der Waals surface area contributed by atoms with Crippen LogP contribution in [0.25, 0.3) is 0 Å². The Labute approximate surface area is 181 Å². The predicted molar refractivity (Wildman–Crippen MR) is 115 cm³/mol. The van der Waals surface area contributed by atoms with Crippen molar-refractivity contribution in [1.29, 1.82) is 0 Å². The Kier molecular flexibility index (Phi) is 6.06. The van der Waals surface area contributed by atoms with E-state index in [1.54, 1.807) is 12.0 Å². The molecule has 0 radical (unpaired) electrons. The second-order valence-corrected chi connectivity index (χ2v) is 8.15. The van der Waals surface area contributed by atoms with Crippen molar-refractivity contribution in [3.8, 4) is 5.75 Å². The Morgan fingerprint density at radius 1 is 1.23 bits per heavy atom. The molecule has 0 aliphatic carbocycles. The van der Waals surface area contributed by atoms with Gasteiger partial charge in [0.15, 0.2) is 0 Å². The van der Waals surface area contributed by atoms with E-state index in [4.69, 9.17) is 9.72 Å². The first-order valence-corrected chi connectivity index (χ1v) is 10.8. The van der Waals surface area contributed by atoms with Crippen LogP contribution in [0, 0.1) is 0 Å². The van der Waals surface area contributed by atoms with E-state index in [9.17, 15) is 14.4 Å². The van der Waals surface area contributed by atoms with E-state index in [1.165, 1.54) is 6.92 Å². The number of carbonyl (C=O) groups excluding carboxylic acids is 2. The summed E-state index contributed by atoms with van der Waals surface area (Å²) in [6.45, 7) is 3.01. The minimum atomic E-state index is -0.276. The zero-order valence-corrected chi connectivity index (χ0v) is 18.0. The number of piperidine rings is 1. The summed E-state index contributed by atoms with van der Waals surface area (Å²) in [6.07, 6.45) is 3.35. The van der Waals surface area contributed by atoms with E-state index < -0.39 is 0 Å². The number of H-pyrrole nitrogens is 1. The molecule has 1 unspecified atom stereocenters. The summed E-state index contributed by atoms with van der Waals surface area (Å²) in [5.41, 5.74) is 1.96. The van der Waals surface area contributed by atoms with E-state index in [-0.39, 0.29) is 29.8 Å². The number of hydrogen-bond donors (Lipinski definition) is 1. The zero-order chi connectivity index (χ0) is 22.0. The highest BCUT2D eigenvalue weighted by molar-refractivity contribution is 5.80. The van der Waals surface area contributed by atoms with Gasteiger partial charge in [-0.15, -0.1) is 0 Å². The number of ether oxygens (including phenoxy) is 1. The van der Waals surface area contributed by atoms with Gasteiger partial charge in [0.1, 0.15) is 11.6 Å². The van der Waals surface area contributed by atoms with Gasteiger partial charge in [-0.05, 0) is 31.7 Å². The van der Waals surface area contributed by atoms with Crippen molar-refractivity contribution in [2.75, 3.05) is 20.2 Å². The second-order valence-electron chi connectivity index (χ2n) is 8.15. The summed E-state index contributed by atoms with van der Waals surface area (Å²) >= 11 is 0. The molecule has 0 bridgehead atoms. The molecule has 1 N–H and O–H groups in total. The lowest BCUT2D eigenvalue weighted by Gasteiger charge is -2.36. The van der Waals surface area contributed by atoms with Crippen molar-refractivity contribution in [2.24, 2.45) is 0 Å². The van der Waals surface area contributed by atoms with Crippen LogP contribution in [-0.2, 0) is 29.0 Å². The van der Waals surface area contributed by atoms with E-state index in [2.05, 4.69) is 4.98 Å². The van der Waals surface area contributed by atoms with Crippen LogP contribution < -0.4 is 10.3 Å². The number of para-hydroxylation sites is 1. The molecule has 2 aromatic rings. The highest BCUT2D eigenvalue weighted by Gasteiger charge is 2.32. The largest absolute Gasteiger partial charge is 0.496 e. The van der Waals surface area contributed by atoms with Crippen LogP contribution in [0.4, 0.5) is 0 Å². The fourth-order valence-electron chi connectivity index (χ4n) is 4.51. The maximum atomic E-state index is 13.2. The second kappa shape index (κ2) is 8.91. The van der Waals surface area contributed by atoms with Gasteiger partial charge in [-0.3, -0.25) is 14.4 Å². The topological polar surface area (TPSA) is 95.6 Å². The zero-order valence-electron chi connectivity index (χ0n) is 18.0. The van der Waals surface area contributed by atoms with Crippen molar-refractivity contribution in [3.05, 3.63) is 57.3 Å². The highest BCUT2D eigenvalue weighted by atomic mass is 16.5. The molecule has 2 aliphatic heterocycles. The lowest BCUT2D eigenvalue weighted by Crippen LogP contribution is -2.42. The molecule has 3 heterocycles. The average Bonchev–Trinajstić information content (AvgIpc) is 2.79. The SMILES string of the molecule is COc1ccccc1CC(=O)N1CCCCC1c1nc2c(c(=O)[nH]1)CCN(C(C)=O)C2. The van der Waals surface area contributed by atoms with E-state index in [0.29, 0.717) is 48.9 Å². The maximum Gasteiger partial charge on any atom is 0.254 e. The number of aromatic nitrogens is 2. The molecule has 1 atom stereocenters. The number of nitrogens with zero attached hydrogens (tertiary/aromatic N) is 3. The molecule has 31 heavy (non-hydrogen) atoms. The van der Waals surface area contributed by atoms with Crippen molar-refractivity contribution < 1.29 is 14.3 Å². The summed E-state index contributed by atoms with van der Waals surface area (Å²) in [5.74, 6) is 1.16. The minimum Gasteiger partial charge on any atom is -0.496 e. The first-order chi connectivity index (χ1) is 15.0. The number of fused-ring (bicyclic) bond motifs is 1. The molecule has 164 valence electrons. The van der Waals surface area contributed by atoms with Crippen LogP contribution in [0.3, 0.4) is 0 Å². The highest BCUT2D eigenvalue weighted by Crippen LogP contribution is 2.30. The number of rotatable bonds is 4. The van der Waals surface area contributed by atoms with Crippen molar-refractivity contribution in [3.63, 3.8) is 0 Å². The lowest BCUT2D eigenvalue weighted by molar-refractivity contribution is -0.134. The Balaban J connectivity index is 1.61. The van der Waals surface area contributed by atoms with Crippen LogP contribution in [0.5, 0.6) is 5.75 Å². The molecular formula is C23H28N4O4. The first kappa shape index (κ1) is 21.1. The standard InChI is InChI=1S/C23H28N4O4/c1-15(28)26-12-10-17-18(14-26)24-22(25-23(17)30)19-8-5-6-11-27(19)21(29)13-16-7-3-4-9-20(16)31-2/h3-4,7,9,19H,5-6,8,10-14H2,1-2H3,(H,24,25,30). The lowest BCUT2D eigenvalue weighted by atomic mass is 9.99. The number of carbonyl (C=O) groups is 2. The van der Waals surface area contributed by atoms with Crippen LogP contribution in [-0.4, -0.2) is 51.8 Å². The van der Waals surface area contributed by atoms with Crippen molar-refractivity contribution in [2.45, 2.75) is 51.6 Å². The van der Waals surface area contributed by atoms with Gasteiger partial charge in [0, 0.05) is 31.1 Å². The fraction of sp³-hybridized carbons (Fsp3) is 0.478. The van der Waals surface area contributed by atoms with Gasteiger partial charge in [-0.25, -0.2) is 4.98 Å². The van der Waals surface area contributed by atoms with E-state index in [0.717, 1.165) is 24.8 Å². The molecule has 2 amide bonds. The normalized spacial score (nSPS) is 18.5. The molecule has 0 saturated carbocycles. The molecule has 8 nitrogen and oxygen atoms in total. The van der Waals surface area contributed by atoms with Gasteiger partial charge in [-0.2, -0.15) is 0 Å². The van der Waals surface area contributed by atoms with Gasteiger partial charge in [0.05, 0.1) is 31.8 Å². The third-order valence-electron chi connectivity index (χ3n) is 6.21. The Morgan fingerprint density at radius 2 is 2.03 bits per heavy atom. The molecule has 1 saturated heterocycles. The molecule has 2 aliphatic rings. The predicted octanol–water partition coefficient (Wildman–Crippen LogP) is 1.98.